The van der Waals surface area contributed by atoms with Crippen molar-refractivity contribution in [3.05, 3.63) is 29.8 Å². The van der Waals surface area contributed by atoms with Crippen molar-refractivity contribution in [3.8, 4) is 0 Å². The van der Waals surface area contributed by atoms with Gasteiger partial charge in [-0.1, -0.05) is 24.3 Å². The molecule has 0 bridgehead atoms. The van der Waals surface area contributed by atoms with Crippen LogP contribution in [0.1, 0.15) is 24.8 Å². The zero-order valence-corrected chi connectivity index (χ0v) is 10.4. The number of rotatable bonds is 5. The zero-order chi connectivity index (χ0) is 12.8. The fourth-order valence-corrected chi connectivity index (χ4v) is 2.03. The van der Waals surface area contributed by atoms with Crippen LogP contribution in [0.5, 0.6) is 0 Å². The molecular weight excluding hydrogens is 231 g/mol. The first-order valence-electron chi connectivity index (χ1n) is 6.40. The minimum atomic E-state index is -1.41. The third kappa shape index (κ3) is 4.10. The van der Waals surface area contributed by atoms with Gasteiger partial charge < -0.3 is 19.5 Å². The van der Waals surface area contributed by atoms with E-state index < -0.39 is 7.12 Å². The molecule has 18 heavy (non-hydrogen) atoms. The summed E-state index contributed by atoms with van der Waals surface area (Å²) in [6.45, 7) is 2.00. The monoisotopic (exact) mass is 250 g/mol. The molecule has 1 aliphatic rings. The molecule has 5 heteroatoms. The van der Waals surface area contributed by atoms with Crippen LogP contribution in [0.25, 0.3) is 0 Å². The largest absolute Gasteiger partial charge is 0.488 e. The molecule has 1 saturated heterocycles. The van der Waals surface area contributed by atoms with E-state index in [2.05, 4.69) is 0 Å². The summed E-state index contributed by atoms with van der Waals surface area (Å²) in [7, 11) is -1.41. The molecule has 1 aromatic carbocycles. The maximum Gasteiger partial charge on any atom is 0.488 e. The first-order chi connectivity index (χ1) is 8.75. The van der Waals surface area contributed by atoms with E-state index in [0.717, 1.165) is 25.0 Å². The van der Waals surface area contributed by atoms with Crippen LogP contribution in [0, 0.1) is 0 Å². The summed E-state index contributed by atoms with van der Waals surface area (Å²) < 4.78 is 11.2. The highest BCUT2D eigenvalue weighted by Gasteiger charge is 2.14. The van der Waals surface area contributed by atoms with Gasteiger partial charge in [-0.2, -0.15) is 0 Å². The lowest BCUT2D eigenvalue weighted by molar-refractivity contribution is -0.0447. The number of hydrogen-bond donors (Lipinski definition) is 2. The molecule has 0 aliphatic carbocycles. The topological polar surface area (TPSA) is 58.9 Å². The Labute approximate surface area is 108 Å². The highest BCUT2D eigenvalue weighted by molar-refractivity contribution is 6.58. The molecule has 2 rings (SSSR count). The first kappa shape index (κ1) is 13.6. The lowest BCUT2D eigenvalue weighted by Crippen LogP contribution is -2.29. The van der Waals surface area contributed by atoms with Crippen LogP contribution in [0.15, 0.2) is 24.3 Å². The van der Waals surface area contributed by atoms with Gasteiger partial charge in [0.2, 0.25) is 0 Å². The number of ether oxygens (including phenoxy) is 2. The van der Waals surface area contributed by atoms with E-state index in [-0.39, 0.29) is 6.10 Å². The van der Waals surface area contributed by atoms with Crippen LogP contribution >= 0.6 is 0 Å². The van der Waals surface area contributed by atoms with Gasteiger partial charge in [-0.15, -0.1) is 0 Å². The SMILES string of the molecule is OB(O)c1ccc(COCC2CCCCO2)cc1. The molecule has 1 heterocycles. The second kappa shape index (κ2) is 6.90. The molecule has 1 aliphatic heterocycles. The summed E-state index contributed by atoms with van der Waals surface area (Å²) >= 11 is 0. The van der Waals surface area contributed by atoms with Crippen molar-refractivity contribution in [1.82, 2.24) is 0 Å². The Kier molecular flexibility index (Phi) is 5.19. The second-order valence-corrected chi connectivity index (χ2v) is 4.62. The van der Waals surface area contributed by atoms with Gasteiger partial charge in [-0.25, -0.2) is 0 Å². The Balaban J connectivity index is 1.72. The minimum absolute atomic E-state index is 0.234. The summed E-state index contributed by atoms with van der Waals surface area (Å²) in [6, 6.07) is 7.08. The van der Waals surface area contributed by atoms with Crippen molar-refractivity contribution in [1.29, 1.82) is 0 Å². The van der Waals surface area contributed by atoms with Gasteiger partial charge in [0.1, 0.15) is 0 Å². The molecule has 0 saturated carbocycles. The first-order valence-corrected chi connectivity index (χ1v) is 6.40. The Morgan fingerprint density at radius 3 is 2.61 bits per heavy atom. The summed E-state index contributed by atoms with van der Waals surface area (Å²) in [5.74, 6) is 0. The highest BCUT2D eigenvalue weighted by atomic mass is 16.5. The molecule has 0 radical (unpaired) electrons. The van der Waals surface area contributed by atoms with E-state index >= 15 is 0 Å². The van der Waals surface area contributed by atoms with E-state index in [0.29, 0.717) is 18.7 Å². The molecular formula is C13H19BO4. The second-order valence-electron chi connectivity index (χ2n) is 4.62. The third-order valence-electron chi connectivity index (χ3n) is 3.12. The fourth-order valence-electron chi connectivity index (χ4n) is 2.03. The van der Waals surface area contributed by atoms with Gasteiger partial charge in [0, 0.05) is 6.61 Å². The van der Waals surface area contributed by atoms with Gasteiger partial charge in [0.25, 0.3) is 0 Å². The van der Waals surface area contributed by atoms with E-state index in [1.165, 1.54) is 6.42 Å². The van der Waals surface area contributed by atoms with Crippen molar-refractivity contribution in [2.45, 2.75) is 32.0 Å². The molecule has 1 fully saturated rings. The predicted octanol–water partition coefficient (Wildman–Crippen LogP) is 0.452. The minimum Gasteiger partial charge on any atom is -0.423 e. The molecule has 4 nitrogen and oxygen atoms in total. The summed E-state index contributed by atoms with van der Waals surface area (Å²) in [6.07, 6.45) is 3.69. The fraction of sp³-hybridized carbons (Fsp3) is 0.538. The summed E-state index contributed by atoms with van der Waals surface area (Å²) in [5, 5.41) is 17.9. The van der Waals surface area contributed by atoms with Crippen LogP contribution in [0.3, 0.4) is 0 Å². The standard InChI is InChI=1S/C13H19BO4/c15-14(16)12-6-4-11(5-7-12)9-17-10-13-3-1-2-8-18-13/h4-7,13,15-16H,1-3,8-10H2. The Bertz CT molecular complexity index is 347. The molecule has 1 aromatic rings. The quantitative estimate of drug-likeness (QED) is 0.745. The molecule has 0 amide bonds. The Hall–Kier alpha value is -0.875. The van der Waals surface area contributed by atoms with Gasteiger partial charge in [0.05, 0.1) is 19.3 Å². The normalized spacial score (nSPS) is 19.8. The maximum absolute atomic E-state index is 8.97. The predicted molar refractivity (Wildman–Crippen MR) is 69.5 cm³/mol. The van der Waals surface area contributed by atoms with Crippen LogP contribution in [-0.2, 0) is 16.1 Å². The summed E-state index contributed by atoms with van der Waals surface area (Å²) in [4.78, 5) is 0. The molecule has 1 unspecified atom stereocenters. The van der Waals surface area contributed by atoms with E-state index in [1.807, 2.05) is 12.1 Å². The average molecular weight is 250 g/mol. The van der Waals surface area contributed by atoms with Crippen LogP contribution in [0.4, 0.5) is 0 Å². The number of hydrogen-bond acceptors (Lipinski definition) is 4. The van der Waals surface area contributed by atoms with Crippen molar-refractivity contribution in [3.63, 3.8) is 0 Å². The average Bonchev–Trinajstić information content (AvgIpc) is 2.40. The van der Waals surface area contributed by atoms with Gasteiger partial charge in [0.15, 0.2) is 0 Å². The molecule has 0 spiro atoms. The van der Waals surface area contributed by atoms with E-state index in [1.54, 1.807) is 12.1 Å². The van der Waals surface area contributed by atoms with Crippen LogP contribution < -0.4 is 5.46 Å². The van der Waals surface area contributed by atoms with Crippen molar-refractivity contribution in [2.75, 3.05) is 13.2 Å². The Morgan fingerprint density at radius 1 is 1.22 bits per heavy atom. The third-order valence-corrected chi connectivity index (χ3v) is 3.12. The highest BCUT2D eigenvalue weighted by Crippen LogP contribution is 2.13. The van der Waals surface area contributed by atoms with Gasteiger partial charge >= 0.3 is 7.12 Å². The smallest absolute Gasteiger partial charge is 0.423 e. The maximum atomic E-state index is 8.97. The Morgan fingerprint density at radius 2 is 2.00 bits per heavy atom. The molecule has 0 aromatic heterocycles. The van der Waals surface area contributed by atoms with Crippen molar-refractivity contribution < 1.29 is 19.5 Å². The van der Waals surface area contributed by atoms with E-state index in [4.69, 9.17) is 19.5 Å². The molecule has 2 N–H and O–H groups in total. The summed E-state index contributed by atoms with van der Waals surface area (Å²) in [5.41, 5.74) is 1.52. The zero-order valence-electron chi connectivity index (χ0n) is 10.4. The van der Waals surface area contributed by atoms with E-state index in [9.17, 15) is 0 Å². The lowest BCUT2D eigenvalue weighted by atomic mass is 9.80. The van der Waals surface area contributed by atoms with Crippen molar-refractivity contribution in [2.24, 2.45) is 0 Å². The van der Waals surface area contributed by atoms with Gasteiger partial charge in [-0.3, -0.25) is 0 Å². The molecule has 1 atom stereocenters. The van der Waals surface area contributed by atoms with Gasteiger partial charge in [-0.05, 0) is 30.3 Å². The van der Waals surface area contributed by atoms with Crippen molar-refractivity contribution >= 4 is 12.6 Å². The number of benzene rings is 1. The molecule has 98 valence electrons. The lowest BCUT2D eigenvalue weighted by Gasteiger charge is -2.22. The van der Waals surface area contributed by atoms with Crippen LogP contribution in [-0.4, -0.2) is 36.5 Å². The van der Waals surface area contributed by atoms with Crippen LogP contribution in [0.2, 0.25) is 0 Å².